The summed E-state index contributed by atoms with van der Waals surface area (Å²) >= 11 is 0. The van der Waals surface area contributed by atoms with Crippen LogP contribution in [0.1, 0.15) is 22.3 Å². The summed E-state index contributed by atoms with van der Waals surface area (Å²) in [6.45, 7) is 0.676. The predicted molar refractivity (Wildman–Crippen MR) is 128 cm³/mol. The molecule has 2 aromatic carbocycles. The molecular weight excluding hydrogens is 515 g/mol. The van der Waals surface area contributed by atoms with Crippen LogP contribution in [-0.4, -0.2) is 29.2 Å². The van der Waals surface area contributed by atoms with Crippen molar-refractivity contribution < 1.29 is 13.5 Å². The van der Waals surface area contributed by atoms with E-state index in [2.05, 4.69) is 37.5 Å². The summed E-state index contributed by atoms with van der Waals surface area (Å²) in [5.41, 5.74) is 3.88. The van der Waals surface area contributed by atoms with Crippen molar-refractivity contribution in [3.05, 3.63) is 83.4 Å². The molecule has 3 aromatic rings. The van der Waals surface area contributed by atoms with Gasteiger partial charge in [0.15, 0.2) is 5.96 Å². The maximum Gasteiger partial charge on any atom is 0.387 e. The van der Waals surface area contributed by atoms with Gasteiger partial charge in [0.2, 0.25) is 0 Å². The van der Waals surface area contributed by atoms with Crippen LogP contribution in [-0.2, 0) is 19.6 Å². The van der Waals surface area contributed by atoms with Crippen LogP contribution < -0.4 is 15.4 Å². The Morgan fingerprint density at radius 2 is 1.90 bits per heavy atom. The fourth-order valence-corrected chi connectivity index (χ4v) is 3.07. The van der Waals surface area contributed by atoms with Crippen LogP contribution in [0, 0.1) is 6.92 Å². The number of nitrogens with zero attached hydrogens (tertiary/aromatic N) is 3. The van der Waals surface area contributed by atoms with E-state index < -0.39 is 6.61 Å². The summed E-state index contributed by atoms with van der Waals surface area (Å²) in [7, 11) is 1.66. The highest BCUT2D eigenvalue weighted by Gasteiger charge is 2.10. The quantitative estimate of drug-likeness (QED) is 0.253. The average Bonchev–Trinajstić information content (AvgIpc) is 3.23. The second-order valence-corrected chi connectivity index (χ2v) is 6.82. The molecule has 31 heavy (non-hydrogen) atoms. The largest absolute Gasteiger partial charge is 0.434 e. The topological polar surface area (TPSA) is 63.5 Å². The molecule has 166 valence electrons. The summed E-state index contributed by atoms with van der Waals surface area (Å²) < 4.78 is 31.9. The van der Waals surface area contributed by atoms with Gasteiger partial charge in [-0.2, -0.15) is 8.78 Å². The SMILES string of the molecule is CN=C(NCc1cccc(Cn2ccnc2)c1)NCc1cc(C)ccc1OC(F)F.I. The maximum atomic E-state index is 12.6. The first-order valence-corrected chi connectivity index (χ1v) is 9.56. The lowest BCUT2D eigenvalue weighted by atomic mass is 10.1. The van der Waals surface area contributed by atoms with E-state index in [0.717, 1.165) is 17.7 Å². The van der Waals surface area contributed by atoms with E-state index in [1.165, 1.54) is 5.56 Å². The highest BCUT2D eigenvalue weighted by molar-refractivity contribution is 14.0. The number of ether oxygens (including phenoxy) is 1. The summed E-state index contributed by atoms with van der Waals surface area (Å²) in [6, 6.07) is 13.4. The van der Waals surface area contributed by atoms with Gasteiger partial charge >= 0.3 is 6.61 Å². The molecule has 1 aromatic heterocycles. The second-order valence-electron chi connectivity index (χ2n) is 6.82. The molecule has 1 heterocycles. The lowest BCUT2D eigenvalue weighted by molar-refractivity contribution is -0.0504. The monoisotopic (exact) mass is 541 g/mol. The maximum absolute atomic E-state index is 12.6. The zero-order valence-corrected chi connectivity index (χ0v) is 19.7. The molecule has 0 aliphatic rings. The lowest BCUT2D eigenvalue weighted by Crippen LogP contribution is -2.36. The van der Waals surface area contributed by atoms with E-state index in [1.807, 2.05) is 35.9 Å². The molecule has 0 amide bonds. The van der Waals surface area contributed by atoms with Crippen LogP contribution >= 0.6 is 24.0 Å². The smallest absolute Gasteiger partial charge is 0.387 e. The van der Waals surface area contributed by atoms with Crippen LogP contribution in [0.5, 0.6) is 5.75 Å². The van der Waals surface area contributed by atoms with E-state index in [1.54, 1.807) is 31.7 Å². The minimum atomic E-state index is -2.86. The number of alkyl halides is 2. The standard InChI is InChI=1S/C22H25F2N5O.HI/c1-16-6-7-20(30-21(23)24)19(10-16)13-28-22(25-2)27-12-17-4-3-5-18(11-17)14-29-9-8-26-15-29;/h3-11,15,21H,12-14H2,1-2H3,(H2,25,27,28);1H. The number of aryl methyl sites for hydroxylation is 1. The van der Waals surface area contributed by atoms with Gasteiger partial charge in [0, 0.05) is 44.6 Å². The summed E-state index contributed by atoms with van der Waals surface area (Å²) in [5, 5.41) is 6.40. The van der Waals surface area contributed by atoms with Crippen molar-refractivity contribution in [1.82, 2.24) is 20.2 Å². The molecule has 0 radical (unpaired) electrons. The Balaban J connectivity index is 0.00000341. The Labute approximate surface area is 197 Å². The van der Waals surface area contributed by atoms with Gasteiger partial charge in [-0.15, -0.1) is 24.0 Å². The van der Waals surface area contributed by atoms with Gasteiger partial charge in [-0.3, -0.25) is 4.99 Å². The lowest BCUT2D eigenvalue weighted by Gasteiger charge is -2.15. The molecule has 2 N–H and O–H groups in total. The first-order valence-electron chi connectivity index (χ1n) is 9.56. The third-order valence-electron chi connectivity index (χ3n) is 4.48. The van der Waals surface area contributed by atoms with E-state index >= 15 is 0 Å². The van der Waals surface area contributed by atoms with Crippen LogP contribution in [0.15, 0.2) is 66.2 Å². The summed E-state index contributed by atoms with van der Waals surface area (Å²) in [5.74, 6) is 0.727. The molecule has 0 unspecified atom stereocenters. The molecule has 0 atom stereocenters. The number of nitrogens with one attached hydrogen (secondary N) is 2. The fraction of sp³-hybridized carbons (Fsp3) is 0.273. The first-order chi connectivity index (χ1) is 14.5. The Kier molecular flexibility index (Phi) is 9.70. The fourth-order valence-electron chi connectivity index (χ4n) is 3.07. The molecule has 0 saturated carbocycles. The number of benzene rings is 2. The Morgan fingerprint density at radius 3 is 2.61 bits per heavy atom. The molecule has 0 spiro atoms. The van der Waals surface area contributed by atoms with E-state index in [0.29, 0.717) is 24.6 Å². The summed E-state index contributed by atoms with van der Waals surface area (Å²) in [4.78, 5) is 8.27. The summed E-state index contributed by atoms with van der Waals surface area (Å²) in [6.07, 6.45) is 5.47. The zero-order valence-electron chi connectivity index (χ0n) is 17.4. The molecule has 0 fully saturated rings. The highest BCUT2D eigenvalue weighted by Crippen LogP contribution is 2.22. The predicted octanol–water partition coefficient (Wildman–Crippen LogP) is 4.32. The van der Waals surface area contributed by atoms with Gasteiger partial charge in [0.05, 0.1) is 6.33 Å². The second kappa shape index (κ2) is 12.2. The normalized spacial score (nSPS) is 11.2. The van der Waals surface area contributed by atoms with Crippen molar-refractivity contribution >= 4 is 29.9 Å². The number of hydrogen-bond acceptors (Lipinski definition) is 3. The average molecular weight is 541 g/mol. The van der Waals surface area contributed by atoms with E-state index in [9.17, 15) is 8.78 Å². The number of halogens is 3. The first kappa shape index (κ1) is 24.6. The van der Waals surface area contributed by atoms with Gasteiger partial charge in [0.25, 0.3) is 0 Å². The van der Waals surface area contributed by atoms with E-state index in [-0.39, 0.29) is 29.7 Å². The number of guanidine groups is 1. The van der Waals surface area contributed by atoms with Crippen molar-refractivity contribution in [1.29, 1.82) is 0 Å². The molecule has 3 rings (SSSR count). The Bertz CT molecular complexity index is 980. The molecule has 0 saturated heterocycles. The van der Waals surface area contributed by atoms with Gasteiger partial charge < -0.3 is 19.9 Å². The van der Waals surface area contributed by atoms with Crippen LogP contribution in [0.2, 0.25) is 0 Å². The number of aromatic nitrogens is 2. The van der Waals surface area contributed by atoms with Gasteiger partial charge in [-0.25, -0.2) is 4.98 Å². The van der Waals surface area contributed by atoms with Crippen molar-refractivity contribution in [3.8, 4) is 5.75 Å². The van der Waals surface area contributed by atoms with Crippen molar-refractivity contribution in [2.75, 3.05) is 7.05 Å². The Hall–Kier alpha value is -2.69. The van der Waals surface area contributed by atoms with E-state index in [4.69, 9.17) is 0 Å². The molecule has 0 bridgehead atoms. The van der Waals surface area contributed by atoms with Gasteiger partial charge in [-0.05, 0) is 24.1 Å². The third kappa shape index (κ3) is 7.82. The molecule has 6 nitrogen and oxygen atoms in total. The van der Waals surface area contributed by atoms with Crippen LogP contribution in [0.4, 0.5) is 8.78 Å². The zero-order chi connectivity index (χ0) is 21.3. The van der Waals surface area contributed by atoms with Crippen molar-refractivity contribution in [2.45, 2.75) is 33.2 Å². The molecule has 0 aliphatic heterocycles. The molecular formula is C22H26F2IN5O. The van der Waals surface area contributed by atoms with Crippen molar-refractivity contribution in [3.63, 3.8) is 0 Å². The number of rotatable bonds is 8. The molecule has 0 aliphatic carbocycles. The number of aliphatic imine (C=N–C) groups is 1. The van der Waals surface area contributed by atoms with Gasteiger partial charge in [-0.1, -0.05) is 42.0 Å². The van der Waals surface area contributed by atoms with Crippen molar-refractivity contribution in [2.24, 2.45) is 4.99 Å². The third-order valence-corrected chi connectivity index (χ3v) is 4.48. The highest BCUT2D eigenvalue weighted by atomic mass is 127. The minimum absolute atomic E-state index is 0. The number of hydrogen-bond donors (Lipinski definition) is 2. The molecule has 9 heteroatoms. The number of imidazole rings is 1. The Morgan fingerprint density at radius 1 is 1.13 bits per heavy atom. The van der Waals surface area contributed by atoms with Crippen LogP contribution in [0.25, 0.3) is 0 Å². The van der Waals surface area contributed by atoms with Gasteiger partial charge in [0.1, 0.15) is 5.75 Å². The minimum Gasteiger partial charge on any atom is -0.434 e. The van der Waals surface area contributed by atoms with Crippen LogP contribution in [0.3, 0.4) is 0 Å².